The third-order valence-electron chi connectivity index (χ3n) is 7.04. The molecule has 0 amide bonds. The Kier molecular flexibility index (Phi) is 17.5. The first-order valence-corrected chi connectivity index (χ1v) is 15.0. The van der Waals surface area contributed by atoms with Gasteiger partial charge in [-0.15, -0.1) is 0 Å². The van der Waals surface area contributed by atoms with E-state index in [1.807, 2.05) is 0 Å². The molecule has 10 N–H and O–H groups in total. The van der Waals surface area contributed by atoms with Crippen LogP contribution in [-0.2, 0) is 90.9 Å². The molecule has 2 atom stereocenters. The normalized spacial score (nSPS) is 13.1. The fraction of sp³-hybridized carbons (Fsp3) is 0.483. The molecule has 0 radical (unpaired) electrons. The van der Waals surface area contributed by atoms with Gasteiger partial charge in [0.05, 0.1) is 57.8 Å². The number of carboxylic acids is 10. The zero-order chi connectivity index (χ0) is 45.6. The van der Waals surface area contributed by atoms with Crippen molar-refractivity contribution in [3.63, 3.8) is 0 Å². The SMILES string of the molecule is O=C(O)CC(CC(=O)O)(OC(=O)CC(CC(=O)O)(OC(=O)CCC(=O)C(=O)OC(CC(=O)O)(CC(=O)OC(CC(=O)O)(CC(=O)O)C(=O)O)C(=O)O)C(=O)O)C(=O)O. The number of carboxylic acid groups (broad SMARTS) is 10. The van der Waals surface area contributed by atoms with Crippen molar-refractivity contribution in [1.29, 1.82) is 0 Å². The van der Waals surface area contributed by atoms with Crippen LogP contribution >= 0.6 is 0 Å². The van der Waals surface area contributed by atoms with Crippen LogP contribution in [0.3, 0.4) is 0 Å². The van der Waals surface area contributed by atoms with Gasteiger partial charge in [-0.25, -0.2) is 24.0 Å². The summed E-state index contributed by atoms with van der Waals surface area (Å²) in [5.41, 5.74) is -14.2. The second-order valence-corrected chi connectivity index (χ2v) is 11.7. The molecule has 0 bridgehead atoms. The standard InChI is InChI=1S/C29H30O29/c30-11(21(46)58-29(25(53)54,8-17(41)42)10-20(45)57-27(23(49)50,5-14(35)36)6-15(37)38)1-2-18(43)55-28(24(51)52,7-16(39)40)9-19(44)56-26(22(47)48,3-12(31)32)4-13(33)34/h1-10H2,(H,31,32)(H,33,34)(H,35,36)(H,37,38)(H,39,40)(H,41,42)(H,47,48)(H,49,50)(H,51,52)(H,53,54). The molecule has 0 aliphatic heterocycles. The summed E-state index contributed by atoms with van der Waals surface area (Å²) >= 11 is 0. The predicted octanol–water partition coefficient (Wildman–Crippen LogP) is -3.57. The van der Waals surface area contributed by atoms with Gasteiger partial charge in [-0.3, -0.25) is 47.9 Å². The van der Waals surface area contributed by atoms with Crippen LogP contribution in [0, 0.1) is 0 Å². The maximum atomic E-state index is 12.7. The molecule has 0 heterocycles. The van der Waals surface area contributed by atoms with Crippen LogP contribution in [0.2, 0.25) is 0 Å². The van der Waals surface area contributed by atoms with Crippen molar-refractivity contribution in [2.45, 2.75) is 86.6 Å². The second-order valence-electron chi connectivity index (χ2n) is 11.7. The molecule has 0 aliphatic rings. The summed E-state index contributed by atoms with van der Waals surface area (Å²) in [6.45, 7) is 0. The predicted molar refractivity (Wildman–Crippen MR) is 163 cm³/mol. The van der Waals surface area contributed by atoms with Gasteiger partial charge in [-0.1, -0.05) is 0 Å². The highest BCUT2D eigenvalue weighted by molar-refractivity contribution is 6.34. The van der Waals surface area contributed by atoms with E-state index < -0.39 is 176 Å². The molecule has 0 aliphatic carbocycles. The van der Waals surface area contributed by atoms with Gasteiger partial charge in [-0.2, -0.15) is 0 Å². The van der Waals surface area contributed by atoms with Gasteiger partial charge in [0.15, 0.2) is 0 Å². The van der Waals surface area contributed by atoms with Crippen molar-refractivity contribution in [1.82, 2.24) is 0 Å². The maximum absolute atomic E-state index is 12.7. The quantitative estimate of drug-likeness (QED) is 0.0207. The molecule has 58 heavy (non-hydrogen) atoms. The molecular formula is C29H30O29. The Morgan fingerprint density at radius 1 is 0.293 bits per heavy atom. The van der Waals surface area contributed by atoms with Crippen LogP contribution in [0.25, 0.3) is 0 Å². The zero-order valence-electron chi connectivity index (χ0n) is 28.8. The van der Waals surface area contributed by atoms with E-state index in [1.165, 1.54) is 0 Å². The summed E-state index contributed by atoms with van der Waals surface area (Å²) in [7, 11) is 0. The first-order valence-electron chi connectivity index (χ1n) is 15.0. The molecule has 0 aromatic rings. The summed E-state index contributed by atoms with van der Waals surface area (Å²) in [5, 5.41) is 92.8. The number of ether oxygens (including phenoxy) is 4. The number of rotatable bonds is 28. The van der Waals surface area contributed by atoms with Gasteiger partial charge >= 0.3 is 83.6 Å². The summed E-state index contributed by atoms with van der Waals surface area (Å²) in [6, 6.07) is 0. The molecule has 0 fully saturated rings. The topological polar surface area (TPSA) is 495 Å². The highest BCUT2D eigenvalue weighted by Crippen LogP contribution is 2.30. The molecule has 0 aromatic heterocycles. The Morgan fingerprint density at radius 3 is 0.759 bits per heavy atom. The summed E-state index contributed by atoms with van der Waals surface area (Å²) in [4.78, 5) is 179. The Morgan fingerprint density at radius 2 is 0.517 bits per heavy atom. The van der Waals surface area contributed by atoms with Crippen LogP contribution < -0.4 is 0 Å². The Labute approximate surface area is 318 Å². The number of aliphatic carboxylic acids is 10. The van der Waals surface area contributed by atoms with E-state index >= 15 is 0 Å². The summed E-state index contributed by atoms with van der Waals surface area (Å²) < 4.78 is 17.8. The van der Waals surface area contributed by atoms with Crippen LogP contribution in [0.15, 0.2) is 0 Å². The van der Waals surface area contributed by atoms with Crippen molar-refractivity contribution >= 4 is 89.4 Å². The minimum Gasteiger partial charge on any atom is -0.481 e. The zero-order valence-corrected chi connectivity index (χ0v) is 28.8. The van der Waals surface area contributed by atoms with Gasteiger partial charge < -0.3 is 70.0 Å². The lowest BCUT2D eigenvalue weighted by Gasteiger charge is -2.30. The van der Waals surface area contributed by atoms with Crippen molar-refractivity contribution in [3.8, 4) is 0 Å². The number of carbonyl (C=O) groups excluding carboxylic acids is 5. The van der Waals surface area contributed by atoms with E-state index in [-0.39, 0.29) is 0 Å². The van der Waals surface area contributed by atoms with E-state index in [2.05, 4.69) is 18.9 Å². The first-order chi connectivity index (χ1) is 26.4. The highest BCUT2D eigenvalue weighted by atomic mass is 16.6. The number of Topliss-reactive ketones (excluding diaryl/α,β-unsaturated/α-hetero) is 1. The minimum absolute atomic E-state index is 1.51. The third kappa shape index (κ3) is 14.8. The number of carbonyl (C=O) groups is 15. The van der Waals surface area contributed by atoms with E-state index in [0.717, 1.165) is 0 Å². The summed E-state index contributed by atoms with van der Waals surface area (Å²) in [6.07, 6.45) is -17.9. The molecule has 29 nitrogen and oxygen atoms in total. The van der Waals surface area contributed by atoms with E-state index in [9.17, 15) is 103 Å². The lowest BCUT2D eigenvalue weighted by Crippen LogP contribution is -2.51. The molecule has 0 saturated heterocycles. The van der Waals surface area contributed by atoms with Crippen LogP contribution in [0.5, 0.6) is 0 Å². The smallest absolute Gasteiger partial charge is 0.375 e. The lowest BCUT2D eigenvalue weighted by atomic mass is 9.93. The van der Waals surface area contributed by atoms with Crippen LogP contribution in [0.1, 0.15) is 64.2 Å². The number of ketones is 1. The molecule has 0 saturated carbocycles. The third-order valence-corrected chi connectivity index (χ3v) is 7.04. The maximum Gasteiger partial charge on any atom is 0.375 e. The van der Waals surface area contributed by atoms with Gasteiger partial charge in [0.2, 0.25) is 28.2 Å². The van der Waals surface area contributed by atoms with Crippen LogP contribution in [-0.4, -0.2) is 163 Å². The van der Waals surface area contributed by atoms with E-state index in [1.54, 1.807) is 0 Å². The molecule has 2 unspecified atom stereocenters. The van der Waals surface area contributed by atoms with E-state index in [4.69, 9.17) is 20.4 Å². The average molecular weight is 843 g/mol. The number of hydrogen-bond acceptors (Lipinski definition) is 19. The second kappa shape index (κ2) is 20.2. The van der Waals surface area contributed by atoms with E-state index in [0.29, 0.717) is 0 Å². The Hall–Kier alpha value is -7.75. The van der Waals surface area contributed by atoms with Gasteiger partial charge in [0, 0.05) is 6.42 Å². The van der Waals surface area contributed by atoms with Crippen molar-refractivity contribution in [2.24, 2.45) is 0 Å². The highest BCUT2D eigenvalue weighted by Gasteiger charge is 2.54. The number of hydrogen-bond donors (Lipinski definition) is 10. The molecular weight excluding hydrogens is 812 g/mol. The van der Waals surface area contributed by atoms with Crippen LogP contribution in [0.4, 0.5) is 0 Å². The largest absolute Gasteiger partial charge is 0.481 e. The van der Waals surface area contributed by atoms with Crippen molar-refractivity contribution < 1.29 is 142 Å². The Bertz CT molecular complexity index is 1750. The van der Waals surface area contributed by atoms with Gasteiger partial charge in [0.1, 0.15) is 0 Å². The summed E-state index contributed by atoms with van der Waals surface area (Å²) in [5.74, 6) is -33.2. The monoisotopic (exact) mass is 842 g/mol. The van der Waals surface area contributed by atoms with Crippen molar-refractivity contribution in [3.05, 3.63) is 0 Å². The molecule has 0 aromatic carbocycles. The Balaban J connectivity index is 6.46. The fourth-order valence-corrected chi connectivity index (χ4v) is 4.58. The first kappa shape index (κ1) is 50.2. The fourth-order valence-electron chi connectivity index (χ4n) is 4.58. The van der Waals surface area contributed by atoms with Crippen molar-refractivity contribution in [2.75, 3.05) is 0 Å². The minimum atomic E-state index is -3.72. The molecule has 0 spiro atoms. The average Bonchev–Trinajstić information content (AvgIpc) is 3.00. The molecule has 320 valence electrons. The molecule has 0 rings (SSSR count). The number of esters is 4. The molecule has 29 heteroatoms. The lowest BCUT2D eigenvalue weighted by molar-refractivity contribution is -0.196. The van der Waals surface area contributed by atoms with Gasteiger partial charge in [0.25, 0.3) is 0 Å². The van der Waals surface area contributed by atoms with Gasteiger partial charge in [-0.05, 0) is 0 Å².